The third-order valence-electron chi connectivity index (χ3n) is 6.10. The third-order valence-corrected chi connectivity index (χ3v) is 6.10. The van der Waals surface area contributed by atoms with Crippen LogP contribution in [0.4, 0.5) is 0 Å². The van der Waals surface area contributed by atoms with Gasteiger partial charge in [-0.15, -0.1) is 10.2 Å². The van der Waals surface area contributed by atoms with Crippen LogP contribution in [-0.2, 0) is 13.0 Å². The molecule has 0 saturated carbocycles. The summed E-state index contributed by atoms with van der Waals surface area (Å²) in [5.74, 6) is 0. The lowest BCUT2D eigenvalue weighted by molar-refractivity contribution is 0.126. The van der Waals surface area contributed by atoms with Crippen LogP contribution in [0.5, 0.6) is 0 Å². The lowest BCUT2D eigenvalue weighted by Crippen LogP contribution is -2.46. The minimum Gasteiger partial charge on any atom is -0.361 e. The van der Waals surface area contributed by atoms with Crippen molar-refractivity contribution in [3.8, 4) is 5.69 Å². The predicted molar refractivity (Wildman–Crippen MR) is 139 cm³/mol. The molecule has 7 heteroatoms. The van der Waals surface area contributed by atoms with E-state index in [-0.39, 0.29) is 0 Å². The van der Waals surface area contributed by atoms with Crippen LogP contribution < -0.4 is 0 Å². The van der Waals surface area contributed by atoms with E-state index in [0.717, 1.165) is 38.3 Å². The molecule has 2 aromatic carbocycles. The van der Waals surface area contributed by atoms with E-state index in [4.69, 9.17) is 0 Å². The van der Waals surface area contributed by atoms with Crippen molar-refractivity contribution in [3.63, 3.8) is 0 Å². The summed E-state index contributed by atoms with van der Waals surface area (Å²) in [5.41, 5.74) is 5.10. The van der Waals surface area contributed by atoms with Crippen molar-refractivity contribution in [2.24, 2.45) is 0 Å². The second-order valence-corrected chi connectivity index (χ2v) is 9.46. The molecule has 1 N–H and O–H groups in total. The Kier molecular flexibility index (Phi) is 8.46. The van der Waals surface area contributed by atoms with Gasteiger partial charge in [0, 0.05) is 55.5 Å². The van der Waals surface area contributed by atoms with E-state index in [1.807, 2.05) is 30.6 Å². The average molecular weight is 460 g/mol. The molecule has 1 aliphatic heterocycles. The molecule has 0 atom stereocenters. The Morgan fingerprint density at radius 2 is 1.56 bits per heavy atom. The lowest BCUT2D eigenvalue weighted by Gasteiger charge is -2.34. The van der Waals surface area contributed by atoms with Crippen LogP contribution in [0.15, 0.2) is 67.4 Å². The Morgan fingerprint density at radius 1 is 0.882 bits per heavy atom. The van der Waals surface area contributed by atoms with Crippen molar-refractivity contribution in [2.75, 3.05) is 53.9 Å². The van der Waals surface area contributed by atoms with Gasteiger partial charge < -0.3 is 14.8 Å². The molecule has 0 bridgehead atoms. The normalized spacial score (nSPS) is 14.9. The Morgan fingerprint density at radius 3 is 2.26 bits per heavy atom. The predicted octanol–water partition coefficient (Wildman–Crippen LogP) is 3.68. The topological polar surface area (TPSA) is 56.2 Å². The maximum atomic E-state index is 3.91. The van der Waals surface area contributed by atoms with E-state index in [1.54, 1.807) is 12.7 Å². The zero-order valence-corrected chi connectivity index (χ0v) is 20.7. The van der Waals surface area contributed by atoms with E-state index >= 15 is 0 Å². The first-order valence-electron chi connectivity index (χ1n) is 12.1. The van der Waals surface area contributed by atoms with Crippen LogP contribution in [0, 0.1) is 0 Å². The molecule has 2 aromatic heterocycles. The van der Waals surface area contributed by atoms with Crippen LogP contribution in [0.3, 0.4) is 0 Å². The number of nitrogens with one attached hydrogen (secondary N) is 1. The zero-order chi connectivity index (χ0) is 23.8. The van der Waals surface area contributed by atoms with E-state index in [9.17, 15) is 0 Å². The summed E-state index contributed by atoms with van der Waals surface area (Å²) >= 11 is 0. The smallest absolute Gasteiger partial charge is 0.123 e. The summed E-state index contributed by atoms with van der Waals surface area (Å²) in [7, 11) is 6.00. The number of aromatic nitrogens is 4. The second kappa shape index (κ2) is 11.9. The van der Waals surface area contributed by atoms with E-state index in [0.29, 0.717) is 0 Å². The van der Waals surface area contributed by atoms with Gasteiger partial charge in [0.1, 0.15) is 12.7 Å². The molecule has 0 radical (unpaired) electrons. The number of hydrogen-bond donors (Lipinski definition) is 1. The van der Waals surface area contributed by atoms with Crippen LogP contribution >= 0.6 is 0 Å². The highest BCUT2D eigenvalue weighted by atomic mass is 15.3. The molecule has 1 fully saturated rings. The molecule has 5 rings (SSSR count). The van der Waals surface area contributed by atoms with Gasteiger partial charge in [0.15, 0.2) is 0 Å². The largest absolute Gasteiger partial charge is 0.361 e. The van der Waals surface area contributed by atoms with Gasteiger partial charge in [-0.1, -0.05) is 30.3 Å². The molecule has 7 nitrogen and oxygen atoms in total. The van der Waals surface area contributed by atoms with Gasteiger partial charge in [-0.3, -0.25) is 9.47 Å². The minimum absolute atomic E-state index is 1.07. The van der Waals surface area contributed by atoms with Crippen molar-refractivity contribution >= 4 is 10.9 Å². The van der Waals surface area contributed by atoms with E-state index in [1.165, 1.54) is 41.5 Å². The fourth-order valence-corrected chi connectivity index (χ4v) is 4.37. The summed E-state index contributed by atoms with van der Waals surface area (Å²) < 4.78 is 1.95. The van der Waals surface area contributed by atoms with Crippen LogP contribution in [0.2, 0.25) is 0 Å². The van der Waals surface area contributed by atoms with Crippen LogP contribution in [-0.4, -0.2) is 88.3 Å². The number of aryl methyl sites for hydroxylation is 1. The number of aromatic amines is 1. The number of benzene rings is 2. The molecule has 0 aliphatic carbocycles. The van der Waals surface area contributed by atoms with Gasteiger partial charge >= 0.3 is 0 Å². The molecule has 0 unspecified atom stereocenters. The van der Waals surface area contributed by atoms with Crippen molar-refractivity contribution < 1.29 is 0 Å². The number of fused-ring (bicyclic) bond motifs is 1. The maximum absolute atomic E-state index is 3.91. The average Bonchev–Trinajstić information content (AvgIpc) is 3.51. The standard InChI is InChI=1S/C24H28N6.C3H9N/c1-2-5-20(6-3-1)17-29-13-11-28(12-14-29)10-4-7-21-16-25-24-9-8-22(15-23(21)24)30-18-26-27-19-30;1-4(2)3/h1-3,5-6,8-9,15-16,18-19,25H,4,7,10-14,17H2;1-3H3. The minimum atomic E-state index is 1.07. The summed E-state index contributed by atoms with van der Waals surface area (Å²) in [6.45, 7) is 6.88. The monoisotopic (exact) mass is 459 g/mol. The van der Waals surface area contributed by atoms with Crippen molar-refractivity contribution in [3.05, 3.63) is 78.5 Å². The highest BCUT2D eigenvalue weighted by Gasteiger charge is 2.16. The summed E-state index contributed by atoms with van der Waals surface area (Å²) in [6, 6.07) is 17.3. The maximum Gasteiger partial charge on any atom is 0.123 e. The van der Waals surface area contributed by atoms with Gasteiger partial charge in [0.2, 0.25) is 0 Å². The quantitative estimate of drug-likeness (QED) is 0.457. The van der Waals surface area contributed by atoms with Gasteiger partial charge in [-0.2, -0.15) is 0 Å². The molecule has 1 aliphatic rings. The van der Waals surface area contributed by atoms with Gasteiger partial charge in [0.25, 0.3) is 0 Å². The first kappa shape index (κ1) is 24.1. The van der Waals surface area contributed by atoms with Crippen molar-refractivity contribution in [1.29, 1.82) is 0 Å². The SMILES string of the molecule is CN(C)C.c1ccc(CN2CCN(CCCc3c[nH]c4ccc(-n5cnnc5)cc34)CC2)cc1. The Labute approximate surface area is 203 Å². The van der Waals surface area contributed by atoms with Crippen LogP contribution in [0.25, 0.3) is 16.6 Å². The van der Waals surface area contributed by atoms with Gasteiger partial charge in [-0.05, 0) is 69.9 Å². The molecule has 0 amide bonds. The highest BCUT2D eigenvalue weighted by Crippen LogP contribution is 2.23. The second-order valence-electron chi connectivity index (χ2n) is 9.46. The van der Waals surface area contributed by atoms with Gasteiger partial charge in [-0.25, -0.2) is 0 Å². The molecule has 1 saturated heterocycles. The number of hydrogen-bond acceptors (Lipinski definition) is 5. The summed E-state index contributed by atoms with van der Waals surface area (Å²) in [5, 5.41) is 9.13. The number of piperazine rings is 1. The molecule has 3 heterocycles. The van der Waals surface area contributed by atoms with Crippen molar-refractivity contribution in [1.82, 2.24) is 34.4 Å². The molecular formula is C27H37N7. The molecule has 4 aromatic rings. The summed E-state index contributed by atoms with van der Waals surface area (Å²) in [4.78, 5) is 10.6. The first-order valence-corrected chi connectivity index (χ1v) is 12.1. The number of nitrogens with zero attached hydrogens (tertiary/aromatic N) is 6. The molecular weight excluding hydrogens is 422 g/mol. The van der Waals surface area contributed by atoms with E-state index < -0.39 is 0 Å². The molecule has 0 spiro atoms. The Balaban J connectivity index is 0.000000636. The van der Waals surface area contributed by atoms with E-state index in [2.05, 4.69) is 79.7 Å². The van der Waals surface area contributed by atoms with Gasteiger partial charge in [0.05, 0.1) is 0 Å². The Hall–Kier alpha value is -3.00. The molecule has 180 valence electrons. The lowest BCUT2D eigenvalue weighted by atomic mass is 10.1. The fourth-order valence-electron chi connectivity index (χ4n) is 4.37. The Bertz CT molecular complexity index is 1110. The van der Waals surface area contributed by atoms with Crippen molar-refractivity contribution in [2.45, 2.75) is 19.4 Å². The fraction of sp³-hybridized carbons (Fsp3) is 0.407. The number of rotatable bonds is 7. The summed E-state index contributed by atoms with van der Waals surface area (Å²) in [6.07, 6.45) is 7.92. The molecule has 34 heavy (non-hydrogen) atoms. The zero-order valence-electron chi connectivity index (χ0n) is 20.7. The highest BCUT2D eigenvalue weighted by molar-refractivity contribution is 5.85. The van der Waals surface area contributed by atoms with Crippen LogP contribution in [0.1, 0.15) is 17.5 Å². The number of H-pyrrole nitrogens is 1. The first-order chi connectivity index (χ1) is 16.6. The third kappa shape index (κ3) is 6.76.